The van der Waals surface area contributed by atoms with Crippen LogP contribution in [0.5, 0.6) is 0 Å². The summed E-state index contributed by atoms with van der Waals surface area (Å²) in [5.74, 6) is 1.72. The van der Waals surface area contributed by atoms with Crippen LogP contribution in [0.4, 0.5) is 0 Å². The van der Waals surface area contributed by atoms with Crippen LogP contribution in [-0.4, -0.2) is 37.1 Å². The molecule has 1 rings (SSSR count). The Balaban J connectivity index is 2.28. The van der Waals surface area contributed by atoms with E-state index in [1.807, 2.05) is 0 Å². The summed E-state index contributed by atoms with van der Waals surface area (Å²) in [5, 5.41) is 3.77. The zero-order valence-corrected chi connectivity index (χ0v) is 12.3. The van der Waals surface area contributed by atoms with Gasteiger partial charge >= 0.3 is 0 Å². The second-order valence-electron chi connectivity index (χ2n) is 5.67. The van der Waals surface area contributed by atoms with Crippen molar-refractivity contribution in [2.24, 2.45) is 11.8 Å². The Hall–Kier alpha value is -0.0800. The Bertz CT molecular complexity index is 189. The summed E-state index contributed by atoms with van der Waals surface area (Å²) in [5.41, 5.74) is 0. The van der Waals surface area contributed by atoms with Crippen molar-refractivity contribution in [1.82, 2.24) is 10.2 Å². The van der Waals surface area contributed by atoms with Gasteiger partial charge in [0.1, 0.15) is 0 Å². The van der Waals surface area contributed by atoms with Crippen LogP contribution in [0, 0.1) is 11.8 Å². The summed E-state index contributed by atoms with van der Waals surface area (Å²) in [6.45, 7) is 14.3. The second kappa shape index (κ2) is 8.10. The molecule has 1 aliphatic rings. The molecule has 17 heavy (non-hydrogen) atoms. The van der Waals surface area contributed by atoms with Gasteiger partial charge in [-0.25, -0.2) is 0 Å². The topological polar surface area (TPSA) is 15.3 Å². The molecule has 1 heterocycles. The summed E-state index contributed by atoms with van der Waals surface area (Å²) in [6.07, 6.45) is 5.41. The average Bonchev–Trinajstić information content (AvgIpc) is 2.39. The van der Waals surface area contributed by atoms with Gasteiger partial charge in [-0.15, -0.1) is 0 Å². The Kier molecular flexibility index (Phi) is 7.14. The van der Waals surface area contributed by atoms with E-state index in [0.717, 1.165) is 11.8 Å². The van der Waals surface area contributed by atoms with E-state index < -0.39 is 0 Å². The van der Waals surface area contributed by atoms with E-state index in [4.69, 9.17) is 0 Å². The lowest BCUT2D eigenvalue weighted by Crippen LogP contribution is -2.45. The number of hydrogen-bond acceptors (Lipinski definition) is 2. The quantitative estimate of drug-likeness (QED) is 0.735. The van der Waals surface area contributed by atoms with Crippen molar-refractivity contribution in [2.45, 2.75) is 59.4 Å². The lowest BCUT2D eigenvalue weighted by Gasteiger charge is -2.36. The van der Waals surface area contributed by atoms with Gasteiger partial charge in [-0.3, -0.25) is 0 Å². The molecule has 2 atom stereocenters. The van der Waals surface area contributed by atoms with Crippen molar-refractivity contribution >= 4 is 0 Å². The molecular weight excluding hydrogens is 208 g/mol. The highest BCUT2D eigenvalue weighted by molar-refractivity contribution is 4.80. The van der Waals surface area contributed by atoms with E-state index in [2.05, 4.69) is 37.9 Å². The van der Waals surface area contributed by atoms with Crippen LogP contribution < -0.4 is 5.32 Å². The largest absolute Gasteiger partial charge is 0.314 e. The second-order valence-corrected chi connectivity index (χ2v) is 5.67. The van der Waals surface area contributed by atoms with Crippen molar-refractivity contribution < 1.29 is 0 Å². The molecule has 0 radical (unpaired) electrons. The third-order valence-electron chi connectivity index (χ3n) is 4.58. The number of rotatable bonds is 7. The summed E-state index contributed by atoms with van der Waals surface area (Å²) >= 11 is 0. The van der Waals surface area contributed by atoms with Gasteiger partial charge in [0.15, 0.2) is 0 Å². The predicted molar refractivity (Wildman–Crippen MR) is 76.4 cm³/mol. The van der Waals surface area contributed by atoms with Crippen molar-refractivity contribution in [1.29, 1.82) is 0 Å². The average molecular weight is 240 g/mol. The molecule has 0 bridgehead atoms. The molecule has 0 aromatic carbocycles. The number of likely N-dealkylation sites (tertiary alicyclic amines) is 1. The third kappa shape index (κ3) is 4.97. The molecule has 2 nitrogen and oxygen atoms in total. The monoisotopic (exact) mass is 240 g/mol. The van der Waals surface area contributed by atoms with Crippen LogP contribution >= 0.6 is 0 Å². The van der Waals surface area contributed by atoms with Gasteiger partial charge in [0.2, 0.25) is 0 Å². The number of piperidine rings is 1. The molecule has 1 fully saturated rings. The first-order valence-corrected chi connectivity index (χ1v) is 7.66. The first-order chi connectivity index (χ1) is 8.21. The maximum absolute atomic E-state index is 3.77. The van der Waals surface area contributed by atoms with Gasteiger partial charge in [0.05, 0.1) is 0 Å². The standard InChI is InChI=1S/C15H32N2/c1-5-14(6-2)11-16-13(4)15-9-8-10-17(7-3)12-15/h13-16H,5-12H2,1-4H3. The Morgan fingerprint density at radius 1 is 1.24 bits per heavy atom. The summed E-state index contributed by atoms with van der Waals surface area (Å²) < 4.78 is 0. The van der Waals surface area contributed by atoms with E-state index >= 15 is 0 Å². The molecule has 0 aliphatic carbocycles. The molecule has 2 heteroatoms. The van der Waals surface area contributed by atoms with Crippen LogP contribution in [0.2, 0.25) is 0 Å². The Labute approximate surface area is 108 Å². The number of hydrogen-bond donors (Lipinski definition) is 1. The lowest BCUT2D eigenvalue weighted by atomic mass is 9.91. The predicted octanol–water partition coefficient (Wildman–Crippen LogP) is 3.13. The van der Waals surface area contributed by atoms with Gasteiger partial charge < -0.3 is 10.2 Å². The fourth-order valence-electron chi connectivity index (χ4n) is 2.88. The van der Waals surface area contributed by atoms with Gasteiger partial charge in [0.25, 0.3) is 0 Å². The van der Waals surface area contributed by atoms with Gasteiger partial charge in [-0.05, 0) is 51.2 Å². The minimum Gasteiger partial charge on any atom is -0.314 e. The molecule has 0 amide bonds. The van der Waals surface area contributed by atoms with E-state index in [1.54, 1.807) is 0 Å². The minimum absolute atomic E-state index is 0.685. The first-order valence-electron chi connectivity index (χ1n) is 7.66. The van der Waals surface area contributed by atoms with E-state index in [1.165, 1.54) is 51.9 Å². The lowest BCUT2D eigenvalue weighted by molar-refractivity contribution is 0.155. The summed E-state index contributed by atoms with van der Waals surface area (Å²) in [6, 6.07) is 0.685. The zero-order chi connectivity index (χ0) is 12.7. The SMILES string of the molecule is CCC(CC)CNC(C)C1CCCN(CC)C1. The Morgan fingerprint density at radius 2 is 1.94 bits per heavy atom. The molecule has 102 valence electrons. The molecule has 1 N–H and O–H groups in total. The first kappa shape index (κ1) is 15.0. The molecule has 0 spiro atoms. The highest BCUT2D eigenvalue weighted by atomic mass is 15.1. The fraction of sp³-hybridized carbons (Fsp3) is 1.00. The van der Waals surface area contributed by atoms with E-state index in [-0.39, 0.29) is 0 Å². The van der Waals surface area contributed by atoms with Crippen LogP contribution in [0.25, 0.3) is 0 Å². The maximum Gasteiger partial charge on any atom is 0.00793 e. The normalized spacial score (nSPS) is 24.2. The molecule has 2 unspecified atom stereocenters. The van der Waals surface area contributed by atoms with E-state index in [9.17, 15) is 0 Å². The van der Waals surface area contributed by atoms with E-state index in [0.29, 0.717) is 6.04 Å². The summed E-state index contributed by atoms with van der Waals surface area (Å²) in [7, 11) is 0. The molecule has 0 saturated carbocycles. The smallest absolute Gasteiger partial charge is 0.00793 e. The fourth-order valence-corrected chi connectivity index (χ4v) is 2.88. The van der Waals surface area contributed by atoms with Crippen molar-refractivity contribution in [3.63, 3.8) is 0 Å². The van der Waals surface area contributed by atoms with Gasteiger partial charge in [0, 0.05) is 12.6 Å². The maximum atomic E-state index is 3.77. The van der Waals surface area contributed by atoms with Crippen LogP contribution in [-0.2, 0) is 0 Å². The van der Waals surface area contributed by atoms with Crippen molar-refractivity contribution in [3.8, 4) is 0 Å². The number of nitrogens with zero attached hydrogens (tertiary/aromatic N) is 1. The Morgan fingerprint density at radius 3 is 2.53 bits per heavy atom. The highest BCUT2D eigenvalue weighted by Gasteiger charge is 2.23. The van der Waals surface area contributed by atoms with Crippen molar-refractivity contribution in [2.75, 3.05) is 26.2 Å². The number of nitrogens with one attached hydrogen (secondary N) is 1. The molecule has 0 aromatic rings. The van der Waals surface area contributed by atoms with Crippen molar-refractivity contribution in [3.05, 3.63) is 0 Å². The van der Waals surface area contributed by atoms with Crippen LogP contribution in [0.15, 0.2) is 0 Å². The van der Waals surface area contributed by atoms with Crippen LogP contribution in [0.1, 0.15) is 53.4 Å². The zero-order valence-electron chi connectivity index (χ0n) is 12.3. The molecular formula is C15H32N2. The minimum atomic E-state index is 0.685. The molecule has 1 aliphatic heterocycles. The third-order valence-corrected chi connectivity index (χ3v) is 4.58. The summed E-state index contributed by atoms with van der Waals surface area (Å²) in [4.78, 5) is 2.60. The van der Waals surface area contributed by atoms with Gasteiger partial charge in [-0.2, -0.15) is 0 Å². The molecule has 1 saturated heterocycles. The van der Waals surface area contributed by atoms with Gasteiger partial charge in [-0.1, -0.05) is 33.6 Å². The van der Waals surface area contributed by atoms with Crippen LogP contribution in [0.3, 0.4) is 0 Å². The highest BCUT2D eigenvalue weighted by Crippen LogP contribution is 2.19. The molecule has 0 aromatic heterocycles.